The summed E-state index contributed by atoms with van der Waals surface area (Å²) >= 11 is 0. The van der Waals surface area contributed by atoms with Crippen LogP contribution in [0.1, 0.15) is 51.0 Å². The first kappa shape index (κ1) is 17.1. The van der Waals surface area contributed by atoms with Crippen LogP contribution in [0.25, 0.3) is 0 Å². The zero-order valence-corrected chi connectivity index (χ0v) is 14.6. The third kappa shape index (κ3) is 4.64. The topological polar surface area (TPSA) is 21.7 Å². The largest absolute Gasteiger partial charge is 0.493 e. The summed E-state index contributed by atoms with van der Waals surface area (Å²) in [5, 5.41) is 0. The number of benzene rings is 1. The molecule has 0 aromatic heterocycles. The lowest BCUT2D eigenvalue weighted by Crippen LogP contribution is -2.33. The van der Waals surface area contributed by atoms with E-state index in [1.165, 1.54) is 50.9 Å². The normalized spacial score (nSPS) is 17.0. The molecule has 3 nitrogen and oxygen atoms in total. The van der Waals surface area contributed by atoms with E-state index in [1.54, 1.807) is 14.2 Å². The fourth-order valence-corrected chi connectivity index (χ4v) is 3.32. The Morgan fingerprint density at radius 2 is 1.77 bits per heavy atom. The van der Waals surface area contributed by atoms with Gasteiger partial charge in [0.2, 0.25) is 0 Å². The summed E-state index contributed by atoms with van der Waals surface area (Å²) < 4.78 is 10.8. The highest BCUT2D eigenvalue weighted by Crippen LogP contribution is 2.34. The minimum Gasteiger partial charge on any atom is -0.493 e. The van der Waals surface area contributed by atoms with Crippen LogP contribution >= 0.6 is 0 Å². The van der Waals surface area contributed by atoms with Crippen molar-refractivity contribution in [1.82, 2.24) is 4.90 Å². The van der Waals surface area contributed by atoms with Gasteiger partial charge in [0.05, 0.1) is 14.2 Å². The quantitative estimate of drug-likeness (QED) is 0.749. The number of piperidine rings is 1. The first-order valence-electron chi connectivity index (χ1n) is 8.58. The number of hydrogen-bond acceptors (Lipinski definition) is 3. The van der Waals surface area contributed by atoms with Crippen LogP contribution in [0.3, 0.4) is 0 Å². The maximum Gasteiger partial charge on any atom is 0.160 e. The lowest BCUT2D eigenvalue weighted by atomic mass is 9.89. The van der Waals surface area contributed by atoms with Crippen LogP contribution in [0.5, 0.6) is 11.5 Å². The van der Waals surface area contributed by atoms with Gasteiger partial charge in [-0.25, -0.2) is 0 Å². The Bertz CT molecular complexity index is 451. The first-order chi connectivity index (χ1) is 10.6. The number of methoxy groups -OCH3 is 2. The molecule has 1 aliphatic heterocycles. The van der Waals surface area contributed by atoms with Crippen molar-refractivity contribution in [3.8, 4) is 11.5 Å². The number of nitrogens with zero attached hydrogens (tertiary/aromatic N) is 1. The molecule has 0 saturated carbocycles. The van der Waals surface area contributed by atoms with Crippen LogP contribution in [0, 0.1) is 5.92 Å². The zero-order chi connectivity index (χ0) is 15.9. The summed E-state index contributed by atoms with van der Waals surface area (Å²) in [4.78, 5) is 2.62. The van der Waals surface area contributed by atoms with E-state index in [-0.39, 0.29) is 0 Å². The molecule has 0 spiro atoms. The van der Waals surface area contributed by atoms with Gasteiger partial charge in [0, 0.05) is 0 Å². The van der Waals surface area contributed by atoms with Crippen molar-refractivity contribution in [2.45, 2.75) is 45.4 Å². The third-order valence-corrected chi connectivity index (χ3v) is 4.72. The second-order valence-electron chi connectivity index (χ2n) is 6.77. The van der Waals surface area contributed by atoms with Gasteiger partial charge < -0.3 is 14.4 Å². The van der Waals surface area contributed by atoms with Gasteiger partial charge in [0.1, 0.15) is 0 Å². The van der Waals surface area contributed by atoms with Crippen molar-refractivity contribution in [1.29, 1.82) is 0 Å². The van der Waals surface area contributed by atoms with Crippen LogP contribution in [0.15, 0.2) is 18.2 Å². The van der Waals surface area contributed by atoms with E-state index in [9.17, 15) is 0 Å². The summed E-state index contributed by atoms with van der Waals surface area (Å²) in [5.41, 5.74) is 1.39. The van der Waals surface area contributed by atoms with Gasteiger partial charge in [-0.15, -0.1) is 0 Å². The molecule has 0 amide bonds. The smallest absolute Gasteiger partial charge is 0.160 e. The summed E-state index contributed by atoms with van der Waals surface area (Å²) in [7, 11) is 3.39. The second-order valence-corrected chi connectivity index (χ2v) is 6.77. The minimum absolute atomic E-state index is 0.654. The summed E-state index contributed by atoms with van der Waals surface area (Å²) in [6.07, 6.45) is 5.17. The van der Waals surface area contributed by atoms with Crippen molar-refractivity contribution >= 4 is 0 Å². The van der Waals surface area contributed by atoms with Crippen molar-refractivity contribution in [3.05, 3.63) is 23.8 Å². The average molecular weight is 305 g/mol. The molecule has 1 heterocycles. The van der Waals surface area contributed by atoms with Crippen molar-refractivity contribution < 1.29 is 9.47 Å². The Balaban J connectivity index is 1.86. The standard InChI is InChI=1S/C19H31NO2/c1-15(2)6-5-11-20-12-9-16(10-13-20)17-7-8-18(21-3)19(14-17)22-4/h7-8,14-16H,5-6,9-13H2,1-4H3. The van der Waals surface area contributed by atoms with E-state index in [0.29, 0.717) is 5.92 Å². The van der Waals surface area contributed by atoms with Crippen LogP contribution in [0.2, 0.25) is 0 Å². The minimum atomic E-state index is 0.654. The summed E-state index contributed by atoms with van der Waals surface area (Å²) in [6, 6.07) is 6.38. The molecule has 0 N–H and O–H groups in total. The Labute approximate surface area is 135 Å². The summed E-state index contributed by atoms with van der Waals surface area (Å²) in [5.74, 6) is 3.14. The molecular formula is C19H31NO2. The molecule has 1 aromatic rings. The monoisotopic (exact) mass is 305 g/mol. The molecule has 0 unspecified atom stereocenters. The number of rotatable bonds is 7. The molecule has 1 aliphatic rings. The molecule has 22 heavy (non-hydrogen) atoms. The van der Waals surface area contributed by atoms with Gasteiger partial charge in [-0.05, 0) is 74.8 Å². The molecule has 0 aliphatic carbocycles. The van der Waals surface area contributed by atoms with Gasteiger partial charge in [0.15, 0.2) is 11.5 Å². The molecule has 1 saturated heterocycles. The summed E-state index contributed by atoms with van der Waals surface area (Å²) in [6.45, 7) is 8.32. The predicted octanol–water partition coefficient (Wildman–Crippen LogP) is 4.32. The van der Waals surface area contributed by atoms with Gasteiger partial charge in [-0.3, -0.25) is 0 Å². The van der Waals surface area contributed by atoms with Gasteiger partial charge >= 0.3 is 0 Å². The van der Waals surface area contributed by atoms with Gasteiger partial charge in [-0.2, -0.15) is 0 Å². The van der Waals surface area contributed by atoms with E-state index in [4.69, 9.17) is 9.47 Å². The highest BCUT2D eigenvalue weighted by molar-refractivity contribution is 5.44. The fraction of sp³-hybridized carbons (Fsp3) is 0.684. The Morgan fingerprint density at radius 3 is 2.36 bits per heavy atom. The van der Waals surface area contributed by atoms with Gasteiger partial charge in [0.25, 0.3) is 0 Å². The Morgan fingerprint density at radius 1 is 1.09 bits per heavy atom. The lowest BCUT2D eigenvalue weighted by Gasteiger charge is -2.32. The average Bonchev–Trinajstić information content (AvgIpc) is 2.54. The molecule has 1 aromatic carbocycles. The van der Waals surface area contributed by atoms with E-state index in [2.05, 4.69) is 30.9 Å². The maximum absolute atomic E-state index is 5.43. The fourth-order valence-electron chi connectivity index (χ4n) is 3.32. The molecule has 0 radical (unpaired) electrons. The van der Waals surface area contributed by atoms with E-state index in [1.807, 2.05) is 6.07 Å². The molecule has 1 fully saturated rings. The Kier molecular flexibility index (Phi) is 6.56. The first-order valence-corrected chi connectivity index (χ1v) is 8.58. The molecule has 0 atom stereocenters. The van der Waals surface area contributed by atoms with E-state index < -0.39 is 0 Å². The molecular weight excluding hydrogens is 274 g/mol. The molecule has 0 bridgehead atoms. The van der Waals surface area contributed by atoms with E-state index >= 15 is 0 Å². The number of hydrogen-bond donors (Lipinski definition) is 0. The van der Waals surface area contributed by atoms with Crippen molar-refractivity contribution in [2.75, 3.05) is 33.9 Å². The lowest BCUT2D eigenvalue weighted by molar-refractivity contribution is 0.206. The van der Waals surface area contributed by atoms with Crippen LogP contribution in [-0.4, -0.2) is 38.8 Å². The molecule has 3 heteroatoms. The number of likely N-dealkylation sites (tertiary alicyclic amines) is 1. The van der Waals surface area contributed by atoms with E-state index in [0.717, 1.165) is 17.4 Å². The zero-order valence-electron chi connectivity index (χ0n) is 14.6. The molecule has 124 valence electrons. The van der Waals surface area contributed by atoms with Gasteiger partial charge in [-0.1, -0.05) is 19.9 Å². The highest BCUT2D eigenvalue weighted by Gasteiger charge is 2.21. The SMILES string of the molecule is COc1ccc(C2CCN(CCCC(C)C)CC2)cc1OC. The number of ether oxygens (including phenoxy) is 2. The van der Waals surface area contributed by atoms with Crippen LogP contribution in [0.4, 0.5) is 0 Å². The Hall–Kier alpha value is -1.22. The van der Waals surface area contributed by atoms with Crippen LogP contribution in [-0.2, 0) is 0 Å². The highest BCUT2D eigenvalue weighted by atomic mass is 16.5. The maximum atomic E-state index is 5.43. The predicted molar refractivity (Wildman–Crippen MR) is 92.0 cm³/mol. The van der Waals surface area contributed by atoms with Crippen molar-refractivity contribution in [2.24, 2.45) is 5.92 Å². The second kappa shape index (κ2) is 8.42. The third-order valence-electron chi connectivity index (χ3n) is 4.72. The van der Waals surface area contributed by atoms with Crippen molar-refractivity contribution in [3.63, 3.8) is 0 Å². The van der Waals surface area contributed by atoms with Crippen LogP contribution < -0.4 is 9.47 Å². The molecule has 2 rings (SSSR count).